The molecule has 1 aromatic heterocycles. The highest BCUT2D eigenvalue weighted by molar-refractivity contribution is 6.07. The molecule has 2 fully saturated rings. The monoisotopic (exact) mass is 586 g/mol. The van der Waals surface area contributed by atoms with Crippen LogP contribution in [0.15, 0.2) is 55.0 Å². The minimum absolute atomic E-state index is 0.271. The van der Waals surface area contributed by atoms with Crippen LogP contribution in [0.25, 0.3) is 0 Å². The minimum atomic E-state index is -0.316. The van der Waals surface area contributed by atoms with Crippen LogP contribution in [0.1, 0.15) is 65.9 Å². The zero-order valence-corrected chi connectivity index (χ0v) is 25.2. The zero-order chi connectivity index (χ0) is 30.0. The first-order valence-electron chi connectivity index (χ1n) is 15.3. The van der Waals surface area contributed by atoms with Gasteiger partial charge in [0.25, 0.3) is 5.91 Å². The molecule has 1 aliphatic heterocycles. The van der Waals surface area contributed by atoms with E-state index in [1.807, 2.05) is 25.1 Å². The topological polar surface area (TPSA) is 109 Å². The third kappa shape index (κ3) is 8.09. The van der Waals surface area contributed by atoms with Gasteiger partial charge in [0.2, 0.25) is 0 Å². The van der Waals surface area contributed by atoms with E-state index in [1.54, 1.807) is 36.4 Å². The highest BCUT2D eigenvalue weighted by atomic mass is 16.5. The second-order valence-electron chi connectivity index (χ2n) is 11.2. The van der Waals surface area contributed by atoms with Crippen molar-refractivity contribution in [2.75, 3.05) is 62.0 Å². The molecule has 0 atom stereocenters. The Bertz CT molecular complexity index is 1370. The van der Waals surface area contributed by atoms with Crippen LogP contribution in [0, 0.1) is 6.92 Å². The van der Waals surface area contributed by atoms with Crippen molar-refractivity contribution >= 4 is 29.1 Å². The molecular formula is C33H42N6O4. The molecule has 2 aromatic carbocycles. The molecule has 5 rings (SSSR count). The molecule has 10 heteroatoms. The second-order valence-corrected chi connectivity index (χ2v) is 11.2. The van der Waals surface area contributed by atoms with Crippen LogP contribution in [0.4, 0.5) is 22.0 Å². The van der Waals surface area contributed by atoms with Crippen molar-refractivity contribution in [3.05, 3.63) is 71.7 Å². The van der Waals surface area contributed by atoms with Gasteiger partial charge < -0.3 is 20.1 Å². The summed E-state index contributed by atoms with van der Waals surface area (Å²) in [5, 5.41) is 6.07. The molecule has 2 heterocycles. The van der Waals surface area contributed by atoms with Gasteiger partial charge in [-0.3, -0.25) is 14.6 Å². The summed E-state index contributed by atoms with van der Waals surface area (Å²) < 4.78 is 11.0. The predicted molar refractivity (Wildman–Crippen MR) is 168 cm³/mol. The Hall–Kier alpha value is -4.02. The molecule has 0 spiro atoms. The van der Waals surface area contributed by atoms with Gasteiger partial charge in [0.1, 0.15) is 17.9 Å². The van der Waals surface area contributed by atoms with Gasteiger partial charge in [0, 0.05) is 43.6 Å². The van der Waals surface area contributed by atoms with Crippen molar-refractivity contribution in [2.24, 2.45) is 0 Å². The van der Waals surface area contributed by atoms with E-state index in [-0.39, 0.29) is 11.9 Å². The average Bonchev–Trinajstić information content (AvgIpc) is 3.05. The molecule has 2 aliphatic rings. The quantitative estimate of drug-likeness (QED) is 0.307. The molecule has 1 saturated carbocycles. The number of ether oxygens (including phenoxy) is 2. The van der Waals surface area contributed by atoms with Crippen LogP contribution in [0.2, 0.25) is 0 Å². The van der Waals surface area contributed by atoms with Gasteiger partial charge >= 0.3 is 6.03 Å². The van der Waals surface area contributed by atoms with Crippen LogP contribution in [-0.2, 0) is 4.74 Å². The van der Waals surface area contributed by atoms with Crippen molar-refractivity contribution in [3.63, 3.8) is 0 Å². The lowest BCUT2D eigenvalue weighted by Crippen LogP contribution is -2.40. The van der Waals surface area contributed by atoms with E-state index in [0.717, 1.165) is 44.8 Å². The predicted octanol–water partition coefficient (Wildman–Crippen LogP) is 5.85. The number of methoxy groups -OCH3 is 1. The fourth-order valence-corrected chi connectivity index (χ4v) is 5.83. The maximum absolute atomic E-state index is 13.6. The normalized spacial score (nSPS) is 16.0. The van der Waals surface area contributed by atoms with E-state index in [0.29, 0.717) is 41.0 Å². The summed E-state index contributed by atoms with van der Waals surface area (Å²) in [6.45, 7) is 6.50. The van der Waals surface area contributed by atoms with Gasteiger partial charge in [-0.2, -0.15) is 0 Å². The molecule has 3 aromatic rings. The van der Waals surface area contributed by atoms with E-state index in [4.69, 9.17) is 9.47 Å². The van der Waals surface area contributed by atoms with E-state index in [9.17, 15) is 9.59 Å². The Morgan fingerprint density at radius 1 is 1.02 bits per heavy atom. The number of carbonyl (C=O) groups is 2. The number of benzene rings is 2. The standard InChI is InChI=1S/C33H42N6O4/c1-24-9-10-27(32(40)36-29-21-26(11-12-30(29)42-2)25-7-4-3-5-8-25)22-28(24)37-33(41)39(31-13-14-34-23-35-31)16-6-15-38-17-19-43-20-18-38/h9-14,21-23,25H,3-8,15-20H2,1-2H3,(H,36,40)(H,37,41). The summed E-state index contributed by atoms with van der Waals surface area (Å²) in [7, 11) is 1.61. The number of urea groups is 1. The lowest BCUT2D eigenvalue weighted by Gasteiger charge is -2.28. The summed E-state index contributed by atoms with van der Waals surface area (Å²) in [6.07, 6.45) is 9.93. The summed E-state index contributed by atoms with van der Waals surface area (Å²) >= 11 is 0. The number of anilines is 3. The number of nitrogens with one attached hydrogen (secondary N) is 2. The molecule has 2 N–H and O–H groups in total. The van der Waals surface area contributed by atoms with Crippen molar-refractivity contribution < 1.29 is 19.1 Å². The number of carbonyl (C=O) groups excluding carboxylic acids is 2. The first-order valence-corrected chi connectivity index (χ1v) is 15.3. The van der Waals surface area contributed by atoms with Gasteiger partial charge in [0.05, 0.1) is 26.0 Å². The third-order valence-corrected chi connectivity index (χ3v) is 8.34. The first kappa shape index (κ1) is 30.4. The van der Waals surface area contributed by atoms with Crippen molar-refractivity contribution in [1.29, 1.82) is 0 Å². The van der Waals surface area contributed by atoms with Crippen LogP contribution >= 0.6 is 0 Å². The number of morpholine rings is 1. The number of nitrogens with zero attached hydrogens (tertiary/aromatic N) is 4. The van der Waals surface area contributed by atoms with E-state index in [1.165, 1.54) is 44.0 Å². The number of aryl methyl sites for hydroxylation is 1. The Labute approximate surface area is 253 Å². The average molecular weight is 587 g/mol. The van der Waals surface area contributed by atoms with Crippen LogP contribution < -0.4 is 20.3 Å². The molecule has 1 saturated heterocycles. The van der Waals surface area contributed by atoms with E-state index < -0.39 is 0 Å². The first-order chi connectivity index (χ1) is 21.0. The van der Waals surface area contributed by atoms with Crippen molar-refractivity contribution in [3.8, 4) is 5.75 Å². The number of hydrogen-bond acceptors (Lipinski definition) is 7. The van der Waals surface area contributed by atoms with Crippen LogP contribution in [0.5, 0.6) is 5.75 Å². The number of amides is 3. The highest BCUT2D eigenvalue weighted by Crippen LogP contribution is 2.36. The molecule has 3 amide bonds. The van der Waals surface area contributed by atoms with E-state index >= 15 is 0 Å². The Balaban J connectivity index is 1.29. The molecule has 43 heavy (non-hydrogen) atoms. The van der Waals surface area contributed by atoms with Gasteiger partial charge in [-0.15, -0.1) is 0 Å². The molecule has 0 unspecified atom stereocenters. The number of rotatable bonds is 10. The SMILES string of the molecule is COc1ccc(C2CCCCC2)cc1NC(=O)c1ccc(C)c(NC(=O)N(CCCN2CCOCC2)c2ccncn2)c1. The van der Waals surface area contributed by atoms with Gasteiger partial charge in [-0.05, 0) is 73.6 Å². The van der Waals surface area contributed by atoms with Crippen molar-refractivity contribution in [2.45, 2.75) is 51.4 Å². The minimum Gasteiger partial charge on any atom is -0.495 e. The fraction of sp³-hybridized carbons (Fsp3) is 0.455. The molecule has 0 radical (unpaired) electrons. The molecule has 228 valence electrons. The lowest BCUT2D eigenvalue weighted by molar-refractivity contribution is 0.0377. The molecule has 1 aliphatic carbocycles. The smallest absolute Gasteiger partial charge is 0.327 e. The number of hydrogen-bond donors (Lipinski definition) is 2. The Morgan fingerprint density at radius 2 is 1.84 bits per heavy atom. The van der Waals surface area contributed by atoms with Gasteiger partial charge in [-0.25, -0.2) is 14.8 Å². The maximum atomic E-state index is 13.6. The van der Waals surface area contributed by atoms with Gasteiger partial charge in [0.15, 0.2) is 0 Å². The summed E-state index contributed by atoms with van der Waals surface area (Å²) in [6, 6.07) is 12.8. The Morgan fingerprint density at radius 3 is 2.58 bits per heavy atom. The third-order valence-electron chi connectivity index (χ3n) is 8.34. The lowest BCUT2D eigenvalue weighted by atomic mass is 9.84. The summed E-state index contributed by atoms with van der Waals surface area (Å²) in [4.78, 5) is 39.3. The molecular weight excluding hydrogens is 544 g/mol. The highest BCUT2D eigenvalue weighted by Gasteiger charge is 2.21. The molecule has 0 bridgehead atoms. The molecule has 10 nitrogen and oxygen atoms in total. The Kier molecular flexibility index (Phi) is 10.6. The largest absolute Gasteiger partial charge is 0.495 e. The number of aromatic nitrogens is 2. The van der Waals surface area contributed by atoms with E-state index in [2.05, 4.69) is 31.6 Å². The maximum Gasteiger partial charge on any atom is 0.327 e. The van der Waals surface area contributed by atoms with Crippen LogP contribution in [0.3, 0.4) is 0 Å². The summed E-state index contributed by atoms with van der Waals surface area (Å²) in [5.41, 5.74) is 3.72. The fourth-order valence-electron chi connectivity index (χ4n) is 5.83. The van der Waals surface area contributed by atoms with Crippen molar-refractivity contribution in [1.82, 2.24) is 14.9 Å². The van der Waals surface area contributed by atoms with Crippen LogP contribution in [-0.4, -0.2) is 73.3 Å². The van der Waals surface area contributed by atoms with Gasteiger partial charge in [-0.1, -0.05) is 31.4 Å². The summed E-state index contributed by atoms with van der Waals surface area (Å²) in [5.74, 6) is 1.37. The second kappa shape index (κ2) is 14.9. The zero-order valence-electron chi connectivity index (χ0n) is 25.2.